The Labute approximate surface area is 89.9 Å². The van der Waals surface area contributed by atoms with E-state index in [0.29, 0.717) is 5.69 Å². The van der Waals surface area contributed by atoms with Crippen LogP contribution in [0.3, 0.4) is 0 Å². The number of hydrogen-bond acceptors (Lipinski definition) is 3. The zero-order valence-corrected chi connectivity index (χ0v) is 9.19. The van der Waals surface area contributed by atoms with Gasteiger partial charge in [0.15, 0.2) is 5.82 Å². The molecule has 0 aliphatic heterocycles. The van der Waals surface area contributed by atoms with Crippen molar-refractivity contribution in [3.05, 3.63) is 29.0 Å². The molecule has 0 bridgehead atoms. The Morgan fingerprint density at radius 3 is 2.86 bits per heavy atom. The van der Waals surface area contributed by atoms with Crippen molar-refractivity contribution in [3.8, 4) is 11.4 Å². The molecule has 0 saturated carbocycles. The van der Waals surface area contributed by atoms with Gasteiger partial charge in [0.05, 0.1) is 0 Å². The number of aryl methyl sites for hydroxylation is 1. The Bertz CT molecular complexity index is 464. The maximum Gasteiger partial charge on any atom is 0.165 e. The highest BCUT2D eigenvalue weighted by molar-refractivity contribution is 9.10. The highest BCUT2D eigenvalue weighted by Crippen LogP contribution is 2.26. The minimum atomic E-state index is 0.698. The van der Waals surface area contributed by atoms with Crippen molar-refractivity contribution in [1.82, 2.24) is 14.8 Å². The molecule has 72 valence electrons. The van der Waals surface area contributed by atoms with E-state index in [1.807, 2.05) is 29.8 Å². The van der Waals surface area contributed by atoms with E-state index in [-0.39, 0.29) is 0 Å². The summed E-state index contributed by atoms with van der Waals surface area (Å²) in [7, 11) is 1.88. The predicted molar refractivity (Wildman–Crippen MR) is 58.6 cm³/mol. The number of aromatic nitrogens is 3. The van der Waals surface area contributed by atoms with Gasteiger partial charge < -0.3 is 10.3 Å². The van der Waals surface area contributed by atoms with Crippen LogP contribution in [0.2, 0.25) is 0 Å². The van der Waals surface area contributed by atoms with Crippen LogP contribution in [0.25, 0.3) is 11.4 Å². The zero-order valence-electron chi connectivity index (χ0n) is 7.61. The van der Waals surface area contributed by atoms with E-state index in [1.165, 1.54) is 0 Å². The molecule has 2 N–H and O–H groups in total. The molecule has 1 heterocycles. The maximum atomic E-state index is 5.85. The van der Waals surface area contributed by atoms with Crippen molar-refractivity contribution in [2.24, 2.45) is 7.05 Å². The van der Waals surface area contributed by atoms with Crippen molar-refractivity contribution in [2.45, 2.75) is 0 Å². The van der Waals surface area contributed by atoms with Crippen molar-refractivity contribution < 1.29 is 0 Å². The Hall–Kier alpha value is -1.36. The summed E-state index contributed by atoms with van der Waals surface area (Å²) in [4.78, 5) is 0. The SMILES string of the molecule is Cn1cnnc1-c1cc(Br)ccc1N. The minimum Gasteiger partial charge on any atom is -0.398 e. The summed E-state index contributed by atoms with van der Waals surface area (Å²) in [5, 5.41) is 7.81. The lowest BCUT2D eigenvalue weighted by Gasteiger charge is -2.04. The topological polar surface area (TPSA) is 56.7 Å². The van der Waals surface area contributed by atoms with E-state index < -0.39 is 0 Å². The fourth-order valence-corrected chi connectivity index (χ4v) is 1.61. The first-order chi connectivity index (χ1) is 6.68. The van der Waals surface area contributed by atoms with Crippen LogP contribution in [0.1, 0.15) is 0 Å². The molecular formula is C9H9BrN4. The van der Waals surface area contributed by atoms with Crippen molar-refractivity contribution in [3.63, 3.8) is 0 Å². The molecule has 0 aliphatic carbocycles. The Kier molecular flexibility index (Phi) is 2.25. The summed E-state index contributed by atoms with van der Waals surface area (Å²) in [5.74, 6) is 0.767. The van der Waals surface area contributed by atoms with Crippen molar-refractivity contribution >= 4 is 21.6 Å². The number of benzene rings is 1. The third-order valence-corrected chi connectivity index (χ3v) is 2.46. The van der Waals surface area contributed by atoms with E-state index >= 15 is 0 Å². The first-order valence-electron chi connectivity index (χ1n) is 4.08. The van der Waals surface area contributed by atoms with Gasteiger partial charge in [-0.25, -0.2) is 0 Å². The van der Waals surface area contributed by atoms with Gasteiger partial charge in [-0.1, -0.05) is 15.9 Å². The van der Waals surface area contributed by atoms with Gasteiger partial charge in [0, 0.05) is 22.8 Å². The maximum absolute atomic E-state index is 5.85. The number of hydrogen-bond donors (Lipinski definition) is 1. The summed E-state index contributed by atoms with van der Waals surface area (Å²) in [6.07, 6.45) is 1.65. The first-order valence-corrected chi connectivity index (χ1v) is 4.87. The molecule has 0 unspecified atom stereocenters. The molecule has 0 amide bonds. The summed E-state index contributed by atoms with van der Waals surface area (Å²) in [6, 6.07) is 5.67. The highest BCUT2D eigenvalue weighted by atomic mass is 79.9. The van der Waals surface area contributed by atoms with Crippen molar-refractivity contribution in [1.29, 1.82) is 0 Å². The number of nitrogens with zero attached hydrogens (tertiary/aromatic N) is 3. The number of nitrogens with two attached hydrogens (primary N) is 1. The van der Waals surface area contributed by atoms with Crippen LogP contribution >= 0.6 is 15.9 Å². The van der Waals surface area contributed by atoms with Crippen molar-refractivity contribution in [2.75, 3.05) is 5.73 Å². The second-order valence-corrected chi connectivity index (χ2v) is 3.91. The van der Waals surface area contributed by atoms with Crippen LogP contribution in [-0.2, 0) is 7.05 Å². The van der Waals surface area contributed by atoms with Gasteiger partial charge in [-0.15, -0.1) is 10.2 Å². The second-order valence-electron chi connectivity index (χ2n) is 3.00. The quantitative estimate of drug-likeness (QED) is 0.789. The lowest BCUT2D eigenvalue weighted by Crippen LogP contribution is -1.96. The van der Waals surface area contributed by atoms with Gasteiger partial charge in [-0.3, -0.25) is 0 Å². The van der Waals surface area contributed by atoms with Crippen LogP contribution in [0.4, 0.5) is 5.69 Å². The largest absolute Gasteiger partial charge is 0.398 e. The van der Waals surface area contributed by atoms with E-state index in [2.05, 4.69) is 26.1 Å². The second kappa shape index (κ2) is 3.42. The average Bonchev–Trinajstić information content (AvgIpc) is 2.56. The monoisotopic (exact) mass is 252 g/mol. The molecule has 0 fully saturated rings. The molecule has 2 rings (SSSR count). The van der Waals surface area contributed by atoms with Gasteiger partial charge in [0.1, 0.15) is 6.33 Å². The van der Waals surface area contributed by atoms with E-state index in [1.54, 1.807) is 6.33 Å². The fourth-order valence-electron chi connectivity index (χ4n) is 1.25. The lowest BCUT2D eigenvalue weighted by atomic mass is 10.2. The summed E-state index contributed by atoms with van der Waals surface area (Å²) in [6.45, 7) is 0. The van der Waals surface area contributed by atoms with E-state index in [4.69, 9.17) is 5.73 Å². The van der Waals surface area contributed by atoms with Gasteiger partial charge >= 0.3 is 0 Å². The first kappa shape index (κ1) is 9.21. The zero-order chi connectivity index (χ0) is 10.1. The summed E-state index contributed by atoms with van der Waals surface area (Å²) < 4.78 is 2.81. The molecule has 0 radical (unpaired) electrons. The third-order valence-electron chi connectivity index (χ3n) is 1.97. The molecule has 14 heavy (non-hydrogen) atoms. The number of halogens is 1. The third kappa shape index (κ3) is 1.50. The van der Waals surface area contributed by atoms with Crippen LogP contribution < -0.4 is 5.73 Å². The van der Waals surface area contributed by atoms with Gasteiger partial charge in [0.25, 0.3) is 0 Å². The van der Waals surface area contributed by atoms with Crippen LogP contribution in [0.5, 0.6) is 0 Å². The number of rotatable bonds is 1. The minimum absolute atomic E-state index is 0.698. The molecule has 2 aromatic rings. The number of nitrogen functional groups attached to an aromatic ring is 1. The molecule has 4 nitrogen and oxygen atoms in total. The van der Waals surface area contributed by atoms with Gasteiger partial charge in [0.2, 0.25) is 0 Å². The molecule has 0 atom stereocenters. The molecule has 1 aromatic heterocycles. The van der Waals surface area contributed by atoms with Crippen LogP contribution in [0.15, 0.2) is 29.0 Å². The predicted octanol–water partition coefficient (Wildman–Crippen LogP) is 1.83. The molecule has 1 aromatic carbocycles. The Morgan fingerprint density at radius 1 is 1.43 bits per heavy atom. The summed E-state index contributed by atoms with van der Waals surface area (Å²) in [5.41, 5.74) is 7.43. The molecule has 0 spiro atoms. The van der Waals surface area contributed by atoms with Gasteiger partial charge in [-0.05, 0) is 18.2 Å². The molecule has 5 heteroatoms. The highest BCUT2D eigenvalue weighted by Gasteiger charge is 2.08. The Balaban J connectivity index is 2.62. The van der Waals surface area contributed by atoms with Gasteiger partial charge in [-0.2, -0.15) is 0 Å². The Morgan fingerprint density at radius 2 is 2.21 bits per heavy atom. The van der Waals surface area contributed by atoms with Crippen LogP contribution in [-0.4, -0.2) is 14.8 Å². The average molecular weight is 253 g/mol. The van der Waals surface area contributed by atoms with Crippen LogP contribution in [0, 0.1) is 0 Å². The molecular weight excluding hydrogens is 244 g/mol. The van der Waals surface area contributed by atoms with E-state index in [9.17, 15) is 0 Å². The standard InChI is InChI=1S/C9H9BrN4/c1-14-5-12-13-9(14)7-4-6(10)2-3-8(7)11/h2-5H,11H2,1H3. The smallest absolute Gasteiger partial charge is 0.165 e. The summed E-state index contributed by atoms with van der Waals surface area (Å²) >= 11 is 3.39. The normalized spacial score (nSPS) is 10.4. The fraction of sp³-hybridized carbons (Fsp3) is 0.111. The van der Waals surface area contributed by atoms with E-state index in [0.717, 1.165) is 15.9 Å². The lowest BCUT2D eigenvalue weighted by molar-refractivity contribution is 0.920. The number of anilines is 1. The molecule has 0 saturated heterocycles. The molecule has 0 aliphatic rings.